The number of halogens is 1. The molecule has 0 aliphatic carbocycles. The van der Waals surface area contributed by atoms with Crippen molar-refractivity contribution in [2.75, 3.05) is 20.2 Å². The summed E-state index contributed by atoms with van der Waals surface area (Å²) in [6.07, 6.45) is 3.39. The molecule has 0 unspecified atom stereocenters. The smallest absolute Gasteiger partial charge is 0.255 e. The fraction of sp³-hybridized carbons (Fsp3) is 0.316. The van der Waals surface area contributed by atoms with E-state index < -0.39 is 0 Å². The van der Waals surface area contributed by atoms with Crippen LogP contribution in [0.2, 0.25) is 0 Å². The van der Waals surface area contributed by atoms with Crippen LogP contribution in [-0.2, 0) is 0 Å². The van der Waals surface area contributed by atoms with Crippen molar-refractivity contribution in [3.05, 3.63) is 51.6 Å². The first-order valence-corrected chi connectivity index (χ1v) is 10.3. The largest absolute Gasteiger partial charge is 0.497 e. The molecular weight excluding hydrogens is 430 g/mol. The number of likely N-dealkylation sites (tertiary alicyclic amines) is 1. The molecule has 4 rings (SSSR count). The summed E-state index contributed by atoms with van der Waals surface area (Å²) in [5, 5.41) is 10.4. The summed E-state index contributed by atoms with van der Waals surface area (Å²) in [6, 6.07) is 9.18. The Morgan fingerprint density at radius 3 is 2.81 bits per heavy atom. The van der Waals surface area contributed by atoms with Crippen LogP contribution in [-0.4, -0.2) is 41.2 Å². The van der Waals surface area contributed by atoms with Gasteiger partial charge in [0.25, 0.3) is 5.91 Å². The lowest BCUT2D eigenvalue weighted by atomic mass is 9.97. The molecule has 1 aromatic carbocycles. The van der Waals surface area contributed by atoms with Crippen LogP contribution in [0.4, 0.5) is 0 Å². The number of piperidine rings is 1. The lowest BCUT2D eigenvalue weighted by Crippen LogP contribution is -2.38. The molecule has 1 aliphatic heterocycles. The highest BCUT2D eigenvalue weighted by Gasteiger charge is 2.28. The highest BCUT2D eigenvalue weighted by atomic mass is 79.9. The molecule has 0 N–H and O–H groups in total. The van der Waals surface area contributed by atoms with Gasteiger partial charge in [0.2, 0.25) is 0 Å². The topological polar surface area (TPSA) is 68.5 Å². The number of nitrogens with zero attached hydrogens (tertiary/aromatic N) is 3. The number of hydrogen-bond acceptors (Lipinski definition) is 6. The van der Waals surface area contributed by atoms with Crippen molar-refractivity contribution < 1.29 is 13.9 Å². The van der Waals surface area contributed by atoms with Crippen LogP contribution in [0.5, 0.6) is 5.75 Å². The van der Waals surface area contributed by atoms with Gasteiger partial charge in [-0.05, 0) is 59.1 Å². The van der Waals surface area contributed by atoms with E-state index in [2.05, 4.69) is 26.1 Å². The van der Waals surface area contributed by atoms with E-state index in [4.69, 9.17) is 9.15 Å². The van der Waals surface area contributed by atoms with Crippen molar-refractivity contribution in [3.8, 4) is 16.5 Å². The van der Waals surface area contributed by atoms with E-state index >= 15 is 0 Å². The Hall–Kier alpha value is -2.19. The molecule has 1 fully saturated rings. The van der Waals surface area contributed by atoms with E-state index in [9.17, 15) is 4.79 Å². The summed E-state index contributed by atoms with van der Waals surface area (Å²) in [6.45, 7) is 1.39. The van der Waals surface area contributed by atoms with Crippen molar-refractivity contribution in [1.82, 2.24) is 15.1 Å². The minimum Gasteiger partial charge on any atom is -0.497 e. The molecule has 27 heavy (non-hydrogen) atoms. The fourth-order valence-electron chi connectivity index (χ4n) is 3.19. The average molecular weight is 448 g/mol. The van der Waals surface area contributed by atoms with Crippen LogP contribution in [0.25, 0.3) is 10.8 Å². The molecule has 1 aliphatic rings. The summed E-state index contributed by atoms with van der Waals surface area (Å²) in [5.74, 6) is 1.77. The molecule has 0 atom stereocenters. The van der Waals surface area contributed by atoms with Gasteiger partial charge < -0.3 is 14.1 Å². The molecule has 0 spiro atoms. The van der Waals surface area contributed by atoms with E-state index in [1.54, 1.807) is 30.8 Å². The van der Waals surface area contributed by atoms with Gasteiger partial charge in [-0.3, -0.25) is 4.79 Å². The molecule has 6 nitrogen and oxygen atoms in total. The van der Waals surface area contributed by atoms with Gasteiger partial charge >= 0.3 is 0 Å². The minimum absolute atomic E-state index is 0.0211. The third-order valence-corrected chi connectivity index (χ3v) is 6.50. The van der Waals surface area contributed by atoms with E-state index in [0.717, 1.165) is 33.1 Å². The first kappa shape index (κ1) is 18.2. The van der Waals surface area contributed by atoms with Crippen LogP contribution < -0.4 is 4.74 Å². The van der Waals surface area contributed by atoms with Gasteiger partial charge in [0.15, 0.2) is 10.8 Å². The van der Waals surface area contributed by atoms with Crippen molar-refractivity contribution in [3.63, 3.8) is 0 Å². The van der Waals surface area contributed by atoms with Crippen LogP contribution in [0.15, 0.2) is 45.5 Å². The first-order chi connectivity index (χ1) is 13.2. The predicted molar refractivity (Wildman–Crippen MR) is 106 cm³/mol. The summed E-state index contributed by atoms with van der Waals surface area (Å²) in [4.78, 5) is 14.8. The Bertz CT molecular complexity index is 934. The zero-order valence-corrected chi connectivity index (χ0v) is 17.1. The van der Waals surface area contributed by atoms with Gasteiger partial charge in [-0.15, -0.1) is 10.2 Å². The van der Waals surface area contributed by atoms with Gasteiger partial charge in [-0.1, -0.05) is 11.3 Å². The fourth-order valence-corrected chi connectivity index (χ4v) is 4.59. The van der Waals surface area contributed by atoms with Gasteiger partial charge in [0, 0.05) is 23.5 Å². The third-order valence-electron chi connectivity index (χ3n) is 4.71. The Balaban J connectivity index is 1.42. The first-order valence-electron chi connectivity index (χ1n) is 8.66. The molecule has 140 valence electrons. The quantitative estimate of drug-likeness (QED) is 0.584. The summed E-state index contributed by atoms with van der Waals surface area (Å²) < 4.78 is 11.4. The monoisotopic (exact) mass is 447 g/mol. The minimum atomic E-state index is 0.0211. The van der Waals surface area contributed by atoms with Gasteiger partial charge in [-0.25, -0.2) is 0 Å². The lowest BCUT2D eigenvalue weighted by molar-refractivity contribution is 0.0711. The number of ether oxygens (including phenoxy) is 1. The number of furan rings is 1. The van der Waals surface area contributed by atoms with Gasteiger partial charge in [-0.2, -0.15) is 0 Å². The third kappa shape index (κ3) is 3.77. The summed E-state index contributed by atoms with van der Waals surface area (Å²) in [5.41, 5.74) is 0.629. The van der Waals surface area contributed by atoms with E-state index in [1.165, 1.54) is 0 Å². The average Bonchev–Trinajstić information content (AvgIpc) is 3.40. The molecule has 2 aromatic heterocycles. The van der Waals surface area contributed by atoms with Crippen molar-refractivity contribution in [2.24, 2.45) is 0 Å². The maximum absolute atomic E-state index is 12.9. The van der Waals surface area contributed by atoms with Crippen LogP contribution in [0.1, 0.15) is 34.1 Å². The van der Waals surface area contributed by atoms with Crippen LogP contribution in [0.3, 0.4) is 0 Å². The Kier molecular flexibility index (Phi) is 5.27. The molecule has 3 aromatic rings. The van der Waals surface area contributed by atoms with Crippen LogP contribution >= 0.6 is 27.3 Å². The zero-order valence-electron chi connectivity index (χ0n) is 14.7. The number of methoxy groups -OCH3 is 1. The molecule has 0 radical (unpaired) electrons. The maximum Gasteiger partial charge on any atom is 0.255 e. The highest BCUT2D eigenvalue weighted by molar-refractivity contribution is 9.10. The van der Waals surface area contributed by atoms with Crippen molar-refractivity contribution in [1.29, 1.82) is 0 Å². The van der Waals surface area contributed by atoms with Crippen LogP contribution in [0, 0.1) is 0 Å². The summed E-state index contributed by atoms with van der Waals surface area (Å²) in [7, 11) is 1.60. The molecular formula is C19H18BrN3O3S. The second-order valence-corrected chi connectivity index (χ2v) is 8.20. The second kappa shape index (κ2) is 7.82. The number of carbonyl (C=O) groups is 1. The molecule has 0 bridgehead atoms. The molecule has 0 saturated carbocycles. The molecule has 1 saturated heterocycles. The number of amides is 1. The molecule has 1 amide bonds. The number of hydrogen-bond donors (Lipinski definition) is 0. The van der Waals surface area contributed by atoms with E-state index in [1.807, 2.05) is 29.2 Å². The predicted octanol–water partition coefficient (Wildman–Crippen LogP) is 4.59. The number of aromatic nitrogens is 2. The zero-order chi connectivity index (χ0) is 18.8. The normalized spacial score (nSPS) is 15.1. The number of carbonyl (C=O) groups excluding carboxylic acids is 1. The second-order valence-electron chi connectivity index (χ2n) is 6.34. The SMILES string of the molecule is COc1ccc(Br)c(C(=O)N2CCC(c3nnc(-c4ccco4)s3)CC2)c1. The Morgan fingerprint density at radius 2 is 2.11 bits per heavy atom. The molecule has 8 heteroatoms. The van der Waals surface area contributed by atoms with Gasteiger partial charge in [0.1, 0.15) is 10.8 Å². The highest BCUT2D eigenvalue weighted by Crippen LogP contribution is 2.34. The number of benzene rings is 1. The van der Waals surface area contributed by atoms with Crippen molar-refractivity contribution in [2.45, 2.75) is 18.8 Å². The standard InChI is InChI=1S/C19H18BrN3O3S/c1-25-13-4-5-15(20)14(11-13)19(24)23-8-6-12(7-9-23)17-21-22-18(27-17)16-3-2-10-26-16/h2-5,10-12H,6-9H2,1H3. The van der Waals surface area contributed by atoms with Gasteiger partial charge in [0.05, 0.1) is 18.9 Å². The Labute approximate surface area is 169 Å². The van der Waals surface area contributed by atoms with E-state index in [0.29, 0.717) is 30.3 Å². The molecule has 3 heterocycles. The van der Waals surface area contributed by atoms with E-state index in [-0.39, 0.29) is 5.91 Å². The number of rotatable bonds is 4. The lowest BCUT2D eigenvalue weighted by Gasteiger charge is -2.31. The Morgan fingerprint density at radius 1 is 1.30 bits per heavy atom. The van der Waals surface area contributed by atoms with Crippen molar-refractivity contribution >= 4 is 33.2 Å². The maximum atomic E-state index is 12.9. The summed E-state index contributed by atoms with van der Waals surface area (Å²) >= 11 is 5.04.